The second kappa shape index (κ2) is 7.12. The number of hydrogen-bond donors (Lipinski definition) is 2. The molecule has 0 amide bonds. The average molecular weight is 340 g/mol. The summed E-state index contributed by atoms with van der Waals surface area (Å²) >= 11 is 0. The Bertz CT molecular complexity index is 712. The van der Waals surface area contributed by atoms with Gasteiger partial charge in [0.15, 0.2) is 0 Å². The zero-order valence-electron chi connectivity index (χ0n) is 15.0. The maximum atomic E-state index is 6.00. The summed E-state index contributed by atoms with van der Waals surface area (Å²) in [6, 6.07) is 2.77. The maximum absolute atomic E-state index is 6.00. The van der Waals surface area contributed by atoms with Gasteiger partial charge in [-0.1, -0.05) is 19.3 Å². The highest BCUT2D eigenvalue weighted by atomic mass is 15.3. The number of nitrogens with zero attached hydrogens (tertiary/aromatic N) is 4. The number of aryl methyl sites for hydroxylation is 1. The molecule has 0 atom stereocenters. The number of nitrogens with two attached hydrogens (primary N) is 1. The lowest BCUT2D eigenvalue weighted by Crippen LogP contribution is -2.33. The van der Waals surface area contributed by atoms with E-state index in [4.69, 9.17) is 10.7 Å². The third-order valence-electron chi connectivity index (χ3n) is 5.80. The van der Waals surface area contributed by atoms with Crippen molar-refractivity contribution in [1.29, 1.82) is 0 Å². The van der Waals surface area contributed by atoms with Crippen LogP contribution in [0.15, 0.2) is 18.5 Å². The number of aromatic nitrogens is 4. The summed E-state index contributed by atoms with van der Waals surface area (Å²) in [5.74, 6) is 1.52. The first kappa shape index (κ1) is 16.5. The van der Waals surface area contributed by atoms with Crippen molar-refractivity contribution in [3.63, 3.8) is 0 Å². The lowest BCUT2D eigenvalue weighted by atomic mass is 9.81. The Morgan fingerprint density at radius 3 is 2.72 bits per heavy atom. The summed E-state index contributed by atoms with van der Waals surface area (Å²) in [5.41, 5.74) is 9.40. The molecule has 2 aliphatic carbocycles. The summed E-state index contributed by atoms with van der Waals surface area (Å²) in [7, 11) is 2.03. The van der Waals surface area contributed by atoms with E-state index in [0.29, 0.717) is 12.1 Å². The molecule has 0 aromatic carbocycles. The molecule has 2 aliphatic rings. The van der Waals surface area contributed by atoms with Gasteiger partial charge in [-0.3, -0.25) is 4.68 Å². The third-order valence-corrected chi connectivity index (χ3v) is 5.80. The Kier molecular flexibility index (Phi) is 4.70. The standard InChI is InChI=1S/C19H28N6/c1-25-18(11-13-3-2-4-13)16(12-22-25)17-9-10-21-19(24-17)23-15-7-5-14(20)6-8-15/h9-10,12-15H,2-8,11,20H2,1H3,(H,21,23,24). The van der Waals surface area contributed by atoms with Gasteiger partial charge in [0.2, 0.25) is 5.95 Å². The quantitative estimate of drug-likeness (QED) is 0.874. The highest BCUT2D eigenvalue weighted by Crippen LogP contribution is 2.33. The minimum absolute atomic E-state index is 0.356. The van der Waals surface area contributed by atoms with E-state index >= 15 is 0 Å². The lowest BCUT2D eigenvalue weighted by molar-refractivity contribution is 0.309. The molecule has 6 heteroatoms. The van der Waals surface area contributed by atoms with Crippen LogP contribution in [0.1, 0.15) is 50.6 Å². The van der Waals surface area contributed by atoms with Crippen molar-refractivity contribution in [2.45, 2.75) is 63.5 Å². The van der Waals surface area contributed by atoms with Crippen LogP contribution in [0.5, 0.6) is 0 Å². The first-order valence-electron chi connectivity index (χ1n) is 9.55. The fraction of sp³-hybridized carbons (Fsp3) is 0.632. The largest absolute Gasteiger partial charge is 0.351 e. The highest BCUT2D eigenvalue weighted by Gasteiger charge is 2.23. The Morgan fingerprint density at radius 1 is 1.20 bits per heavy atom. The molecule has 6 nitrogen and oxygen atoms in total. The molecule has 0 bridgehead atoms. The fourth-order valence-electron chi connectivity index (χ4n) is 3.91. The van der Waals surface area contributed by atoms with E-state index in [0.717, 1.165) is 55.2 Å². The van der Waals surface area contributed by atoms with Gasteiger partial charge in [0, 0.05) is 36.6 Å². The molecule has 4 rings (SSSR count). The van der Waals surface area contributed by atoms with Crippen LogP contribution in [-0.4, -0.2) is 31.8 Å². The Hall–Kier alpha value is -1.95. The zero-order valence-corrected chi connectivity index (χ0v) is 15.0. The molecule has 0 unspecified atom stereocenters. The third kappa shape index (κ3) is 3.68. The van der Waals surface area contributed by atoms with Crippen LogP contribution in [-0.2, 0) is 13.5 Å². The van der Waals surface area contributed by atoms with Gasteiger partial charge >= 0.3 is 0 Å². The van der Waals surface area contributed by atoms with E-state index in [-0.39, 0.29) is 0 Å². The Labute approximate surface area is 149 Å². The molecule has 2 saturated carbocycles. The van der Waals surface area contributed by atoms with Gasteiger partial charge in [-0.15, -0.1) is 0 Å². The Balaban J connectivity index is 1.51. The average Bonchev–Trinajstić information content (AvgIpc) is 2.94. The predicted molar refractivity (Wildman–Crippen MR) is 99.1 cm³/mol. The van der Waals surface area contributed by atoms with Crippen molar-refractivity contribution < 1.29 is 0 Å². The van der Waals surface area contributed by atoms with E-state index in [2.05, 4.69) is 15.4 Å². The molecule has 2 aromatic rings. The molecule has 2 heterocycles. The van der Waals surface area contributed by atoms with Crippen LogP contribution in [0, 0.1) is 5.92 Å². The molecule has 134 valence electrons. The number of rotatable bonds is 5. The van der Waals surface area contributed by atoms with E-state index in [9.17, 15) is 0 Å². The van der Waals surface area contributed by atoms with Crippen molar-refractivity contribution in [3.8, 4) is 11.3 Å². The molecule has 0 aliphatic heterocycles. The predicted octanol–water partition coefficient (Wildman–Crippen LogP) is 2.90. The van der Waals surface area contributed by atoms with Crippen molar-refractivity contribution in [1.82, 2.24) is 19.7 Å². The second-order valence-corrected chi connectivity index (χ2v) is 7.65. The smallest absolute Gasteiger partial charge is 0.223 e. The van der Waals surface area contributed by atoms with Crippen LogP contribution in [0.4, 0.5) is 5.95 Å². The van der Waals surface area contributed by atoms with Crippen LogP contribution in [0.3, 0.4) is 0 Å². The minimum atomic E-state index is 0.356. The minimum Gasteiger partial charge on any atom is -0.351 e. The van der Waals surface area contributed by atoms with Crippen LogP contribution in [0.2, 0.25) is 0 Å². The number of nitrogens with one attached hydrogen (secondary N) is 1. The molecule has 0 radical (unpaired) electrons. The first-order valence-corrected chi connectivity index (χ1v) is 9.55. The molecule has 2 fully saturated rings. The SMILES string of the molecule is Cn1ncc(-c2ccnc(NC3CCC(N)CC3)n2)c1CC1CCC1. The van der Waals surface area contributed by atoms with Crippen molar-refractivity contribution in [2.24, 2.45) is 18.7 Å². The summed E-state index contributed by atoms with van der Waals surface area (Å²) in [4.78, 5) is 9.20. The topological polar surface area (TPSA) is 81.7 Å². The van der Waals surface area contributed by atoms with Crippen LogP contribution < -0.4 is 11.1 Å². The van der Waals surface area contributed by atoms with Gasteiger partial charge in [-0.2, -0.15) is 5.10 Å². The van der Waals surface area contributed by atoms with E-state index in [1.807, 2.05) is 30.2 Å². The number of anilines is 1. The fourth-order valence-corrected chi connectivity index (χ4v) is 3.91. The van der Waals surface area contributed by atoms with E-state index in [1.165, 1.54) is 25.0 Å². The number of hydrogen-bond acceptors (Lipinski definition) is 5. The zero-order chi connectivity index (χ0) is 17.2. The van der Waals surface area contributed by atoms with Gasteiger partial charge in [0.1, 0.15) is 0 Å². The second-order valence-electron chi connectivity index (χ2n) is 7.65. The van der Waals surface area contributed by atoms with Gasteiger partial charge < -0.3 is 11.1 Å². The van der Waals surface area contributed by atoms with Gasteiger partial charge in [-0.25, -0.2) is 9.97 Å². The van der Waals surface area contributed by atoms with Gasteiger partial charge in [0.25, 0.3) is 0 Å². The molecular formula is C19H28N6. The molecule has 3 N–H and O–H groups in total. The molecule has 0 saturated heterocycles. The normalized spacial score (nSPS) is 24.1. The molecule has 25 heavy (non-hydrogen) atoms. The summed E-state index contributed by atoms with van der Waals surface area (Å²) in [6.07, 6.45) is 13.3. The maximum Gasteiger partial charge on any atom is 0.223 e. The van der Waals surface area contributed by atoms with Crippen molar-refractivity contribution in [2.75, 3.05) is 5.32 Å². The van der Waals surface area contributed by atoms with Gasteiger partial charge in [-0.05, 0) is 44.1 Å². The monoisotopic (exact) mass is 340 g/mol. The van der Waals surface area contributed by atoms with E-state index in [1.54, 1.807) is 0 Å². The molecule has 2 aromatic heterocycles. The van der Waals surface area contributed by atoms with Gasteiger partial charge in [0.05, 0.1) is 11.9 Å². The highest BCUT2D eigenvalue weighted by molar-refractivity contribution is 5.62. The van der Waals surface area contributed by atoms with E-state index < -0.39 is 0 Å². The lowest BCUT2D eigenvalue weighted by Gasteiger charge is -2.27. The molecular weight excluding hydrogens is 312 g/mol. The summed E-state index contributed by atoms with van der Waals surface area (Å²) < 4.78 is 2.01. The molecule has 0 spiro atoms. The Morgan fingerprint density at radius 2 is 2.00 bits per heavy atom. The van der Waals surface area contributed by atoms with Crippen molar-refractivity contribution >= 4 is 5.95 Å². The summed E-state index contributed by atoms with van der Waals surface area (Å²) in [5, 5.41) is 7.98. The van der Waals surface area contributed by atoms with Crippen LogP contribution in [0.25, 0.3) is 11.3 Å². The first-order chi connectivity index (χ1) is 12.2. The summed E-state index contributed by atoms with van der Waals surface area (Å²) in [6.45, 7) is 0. The van der Waals surface area contributed by atoms with Crippen LogP contribution >= 0.6 is 0 Å². The van der Waals surface area contributed by atoms with Crippen molar-refractivity contribution in [3.05, 3.63) is 24.2 Å².